The molecule has 0 saturated heterocycles. The van der Waals surface area contributed by atoms with Crippen molar-refractivity contribution in [3.63, 3.8) is 0 Å². The maximum Gasteiger partial charge on any atom is 0.109 e. The van der Waals surface area contributed by atoms with Gasteiger partial charge >= 0.3 is 0 Å². The molecular formula is C9H20NO2. The Labute approximate surface area is 75.6 Å². The van der Waals surface area contributed by atoms with E-state index >= 15 is 0 Å². The third kappa shape index (κ3) is 3.52. The van der Waals surface area contributed by atoms with Gasteiger partial charge in [0.05, 0.1) is 0 Å². The highest BCUT2D eigenvalue weighted by Gasteiger charge is 2.18. The molecule has 73 valence electrons. The lowest BCUT2D eigenvalue weighted by Crippen LogP contribution is -2.40. The Morgan fingerprint density at radius 2 is 1.58 bits per heavy atom. The van der Waals surface area contributed by atoms with Crippen LogP contribution >= 0.6 is 0 Å². The third-order valence-electron chi connectivity index (χ3n) is 1.92. The minimum atomic E-state index is 0.0694. The molecule has 0 aliphatic heterocycles. The fourth-order valence-electron chi connectivity index (χ4n) is 1.05. The Hall–Kier alpha value is -0.120. The van der Waals surface area contributed by atoms with Crippen molar-refractivity contribution in [2.24, 2.45) is 0 Å². The Bertz CT molecular complexity index is 98.7. The Morgan fingerprint density at radius 1 is 1.17 bits per heavy atom. The van der Waals surface area contributed by atoms with E-state index in [2.05, 4.69) is 18.4 Å². The van der Waals surface area contributed by atoms with Crippen molar-refractivity contribution in [2.45, 2.75) is 39.6 Å². The van der Waals surface area contributed by atoms with E-state index in [9.17, 15) is 0 Å². The number of nitrogens with zero attached hydrogens (tertiary/aromatic N) is 1. The molecule has 2 unspecified atom stereocenters. The van der Waals surface area contributed by atoms with Crippen LogP contribution in [0.4, 0.5) is 0 Å². The monoisotopic (exact) mass is 174 g/mol. The van der Waals surface area contributed by atoms with Crippen LogP contribution < -0.4 is 0 Å². The van der Waals surface area contributed by atoms with Gasteiger partial charge in [-0.2, -0.15) is 0 Å². The maximum atomic E-state index is 5.20. The zero-order chi connectivity index (χ0) is 9.56. The standard InChI is InChI=1S/C9H20NO2/c1-6-7-10(8(2)11-4)9(3)12-5/h7-9H,6H2,1-5H3. The van der Waals surface area contributed by atoms with Crippen molar-refractivity contribution in [1.82, 2.24) is 4.90 Å². The van der Waals surface area contributed by atoms with E-state index in [1.54, 1.807) is 14.2 Å². The van der Waals surface area contributed by atoms with Gasteiger partial charge in [0.25, 0.3) is 0 Å². The molecule has 12 heavy (non-hydrogen) atoms. The average Bonchev–Trinajstić information content (AvgIpc) is 2.11. The van der Waals surface area contributed by atoms with Crippen LogP contribution in [0.15, 0.2) is 0 Å². The molecule has 0 saturated carbocycles. The zero-order valence-electron chi connectivity index (χ0n) is 8.70. The van der Waals surface area contributed by atoms with Gasteiger partial charge in [-0.3, -0.25) is 0 Å². The fourth-order valence-corrected chi connectivity index (χ4v) is 1.05. The summed E-state index contributed by atoms with van der Waals surface area (Å²) >= 11 is 0. The summed E-state index contributed by atoms with van der Waals surface area (Å²) in [6.45, 7) is 8.18. The quantitative estimate of drug-likeness (QED) is 0.573. The largest absolute Gasteiger partial charge is 0.367 e. The summed E-state index contributed by atoms with van der Waals surface area (Å²) in [5, 5.41) is 0. The Kier molecular flexibility index (Phi) is 6.34. The van der Waals surface area contributed by atoms with E-state index in [1.807, 2.05) is 13.8 Å². The van der Waals surface area contributed by atoms with Gasteiger partial charge in [0.1, 0.15) is 12.5 Å². The predicted octanol–water partition coefficient (Wildman–Crippen LogP) is 1.84. The second-order valence-corrected chi connectivity index (χ2v) is 2.71. The van der Waals surface area contributed by atoms with Gasteiger partial charge in [0.2, 0.25) is 0 Å². The lowest BCUT2D eigenvalue weighted by atomic mass is 10.3. The molecule has 0 bridgehead atoms. The topological polar surface area (TPSA) is 21.7 Å². The first-order chi connectivity index (χ1) is 5.67. The third-order valence-corrected chi connectivity index (χ3v) is 1.92. The van der Waals surface area contributed by atoms with Crippen molar-refractivity contribution < 1.29 is 9.47 Å². The van der Waals surface area contributed by atoms with Crippen molar-refractivity contribution in [2.75, 3.05) is 14.2 Å². The van der Waals surface area contributed by atoms with E-state index in [1.165, 1.54) is 0 Å². The molecule has 0 aliphatic rings. The molecule has 1 radical (unpaired) electrons. The molecule has 0 aliphatic carbocycles. The second-order valence-electron chi connectivity index (χ2n) is 2.71. The summed E-state index contributed by atoms with van der Waals surface area (Å²) in [6.07, 6.45) is 1.13. The Balaban J connectivity index is 4.01. The fraction of sp³-hybridized carbons (Fsp3) is 0.889. The van der Waals surface area contributed by atoms with Gasteiger partial charge in [0.15, 0.2) is 0 Å². The van der Waals surface area contributed by atoms with E-state index in [0.717, 1.165) is 6.42 Å². The molecule has 0 aromatic rings. The number of hydrogen-bond acceptors (Lipinski definition) is 3. The average molecular weight is 174 g/mol. The van der Waals surface area contributed by atoms with E-state index in [4.69, 9.17) is 9.47 Å². The van der Waals surface area contributed by atoms with Gasteiger partial charge in [-0.25, -0.2) is 4.90 Å². The van der Waals surface area contributed by atoms with E-state index in [-0.39, 0.29) is 12.5 Å². The first-order valence-corrected chi connectivity index (χ1v) is 4.33. The van der Waals surface area contributed by atoms with Crippen LogP contribution in [-0.2, 0) is 9.47 Å². The summed E-state index contributed by atoms with van der Waals surface area (Å²) in [4.78, 5) is 2.06. The van der Waals surface area contributed by atoms with Crippen LogP contribution in [0.1, 0.15) is 27.2 Å². The van der Waals surface area contributed by atoms with Gasteiger partial charge in [-0.1, -0.05) is 6.92 Å². The van der Waals surface area contributed by atoms with Crippen LogP contribution in [-0.4, -0.2) is 31.6 Å². The molecule has 3 nitrogen and oxygen atoms in total. The highest BCUT2D eigenvalue weighted by Crippen LogP contribution is 2.10. The number of hydrogen-bond donors (Lipinski definition) is 0. The highest BCUT2D eigenvalue weighted by atomic mass is 16.5. The Morgan fingerprint density at radius 3 is 1.83 bits per heavy atom. The molecule has 0 heterocycles. The van der Waals surface area contributed by atoms with Gasteiger partial charge in [-0.05, 0) is 20.3 Å². The SMILES string of the molecule is CC[CH]N(C(C)OC)C(C)OC. The molecule has 3 heteroatoms. The number of ether oxygens (including phenoxy) is 2. The van der Waals surface area contributed by atoms with Crippen LogP contribution in [0.25, 0.3) is 0 Å². The predicted molar refractivity (Wildman–Crippen MR) is 49.4 cm³/mol. The van der Waals surface area contributed by atoms with Gasteiger partial charge < -0.3 is 9.47 Å². The smallest absolute Gasteiger partial charge is 0.109 e. The molecule has 0 rings (SSSR count). The lowest BCUT2D eigenvalue weighted by Gasteiger charge is -2.31. The minimum Gasteiger partial charge on any atom is -0.367 e. The van der Waals surface area contributed by atoms with Crippen molar-refractivity contribution in [3.8, 4) is 0 Å². The molecule has 0 N–H and O–H groups in total. The molecule has 0 spiro atoms. The van der Waals surface area contributed by atoms with Gasteiger partial charge in [0, 0.05) is 20.8 Å². The van der Waals surface area contributed by atoms with Crippen molar-refractivity contribution >= 4 is 0 Å². The molecule has 2 atom stereocenters. The minimum absolute atomic E-state index is 0.0694. The highest BCUT2D eigenvalue weighted by molar-refractivity contribution is 4.70. The van der Waals surface area contributed by atoms with E-state index < -0.39 is 0 Å². The van der Waals surface area contributed by atoms with Crippen LogP contribution in [0.3, 0.4) is 0 Å². The van der Waals surface area contributed by atoms with Gasteiger partial charge in [-0.15, -0.1) is 0 Å². The summed E-state index contributed by atoms with van der Waals surface area (Å²) in [5.74, 6) is 0. The normalized spacial score (nSPS) is 16.5. The molecule has 0 aromatic carbocycles. The molecule has 0 amide bonds. The number of methoxy groups -OCH3 is 2. The molecule has 0 aromatic heterocycles. The first-order valence-electron chi connectivity index (χ1n) is 4.33. The second kappa shape index (κ2) is 6.40. The lowest BCUT2D eigenvalue weighted by molar-refractivity contribution is -0.101. The van der Waals surface area contributed by atoms with Crippen LogP contribution in [0, 0.1) is 6.54 Å². The van der Waals surface area contributed by atoms with Crippen LogP contribution in [0.5, 0.6) is 0 Å². The summed E-state index contributed by atoms with van der Waals surface area (Å²) < 4.78 is 10.4. The maximum absolute atomic E-state index is 5.20. The molecular weight excluding hydrogens is 154 g/mol. The number of rotatable bonds is 6. The first kappa shape index (κ1) is 11.9. The molecule has 0 fully saturated rings. The van der Waals surface area contributed by atoms with E-state index in [0.29, 0.717) is 0 Å². The van der Waals surface area contributed by atoms with Crippen molar-refractivity contribution in [3.05, 3.63) is 6.54 Å². The van der Waals surface area contributed by atoms with Crippen LogP contribution in [0.2, 0.25) is 0 Å². The summed E-state index contributed by atoms with van der Waals surface area (Å²) in [7, 11) is 3.40. The van der Waals surface area contributed by atoms with Crippen molar-refractivity contribution in [1.29, 1.82) is 0 Å². The zero-order valence-corrected chi connectivity index (χ0v) is 8.70. The summed E-state index contributed by atoms with van der Waals surface area (Å²) in [6, 6.07) is 0. The summed E-state index contributed by atoms with van der Waals surface area (Å²) in [5.41, 5.74) is 0.